The Morgan fingerprint density at radius 2 is 2.50 bits per heavy atom. The molecule has 0 aromatic heterocycles. The molecule has 0 unspecified atom stereocenters. The number of nitrogens with zero attached hydrogens (tertiary/aromatic N) is 1. The number of carbonyl (C=O) groups is 1. The number of rotatable bonds is 1. The van der Waals surface area contributed by atoms with Gasteiger partial charge in [-0.1, -0.05) is 6.08 Å². The first-order valence-electron chi connectivity index (χ1n) is 3.02. The van der Waals surface area contributed by atoms with Gasteiger partial charge in [0.15, 0.2) is 5.78 Å². The van der Waals surface area contributed by atoms with Crippen LogP contribution in [0.25, 0.3) is 0 Å². The third-order valence-electron chi connectivity index (χ3n) is 1.31. The minimum atomic E-state index is 0.122. The molecular formula is C7H8BrNO. The Balaban J connectivity index is 2.67. The third kappa shape index (κ3) is 1.70. The van der Waals surface area contributed by atoms with E-state index in [0.717, 1.165) is 12.1 Å². The first kappa shape index (κ1) is 7.54. The van der Waals surface area contributed by atoms with Crippen molar-refractivity contribution in [2.24, 2.45) is 0 Å². The standard InChI is InChI=1S/C7H8BrNO/c1-6(10)7-2-4-9(8)5-3-7/h2-4H,5H2,1H3. The molecule has 54 valence electrons. The van der Waals surface area contributed by atoms with E-state index in [-0.39, 0.29) is 5.78 Å². The van der Waals surface area contributed by atoms with Gasteiger partial charge in [-0.05, 0) is 13.0 Å². The number of halogens is 1. The molecule has 0 fully saturated rings. The van der Waals surface area contributed by atoms with Gasteiger partial charge in [0.1, 0.15) is 0 Å². The lowest BCUT2D eigenvalue weighted by Gasteiger charge is -2.12. The summed E-state index contributed by atoms with van der Waals surface area (Å²) < 4.78 is 1.83. The number of carbonyl (C=O) groups excluding carboxylic acids is 1. The Labute approximate surface area is 68.5 Å². The molecule has 1 rings (SSSR count). The van der Waals surface area contributed by atoms with Gasteiger partial charge in [-0.3, -0.25) is 4.79 Å². The Bertz CT molecular complexity index is 208. The van der Waals surface area contributed by atoms with Crippen LogP contribution in [0, 0.1) is 0 Å². The van der Waals surface area contributed by atoms with Gasteiger partial charge in [-0.15, -0.1) is 0 Å². The molecule has 0 aliphatic carbocycles. The minimum absolute atomic E-state index is 0.122. The molecule has 0 saturated heterocycles. The Morgan fingerprint density at radius 3 is 2.90 bits per heavy atom. The van der Waals surface area contributed by atoms with E-state index in [9.17, 15) is 4.79 Å². The van der Waals surface area contributed by atoms with E-state index in [2.05, 4.69) is 16.1 Å². The molecule has 0 aromatic carbocycles. The second-order valence-electron chi connectivity index (χ2n) is 2.11. The lowest BCUT2D eigenvalue weighted by atomic mass is 10.1. The van der Waals surface area contributed by atoms with Crippen molar-refractivity contribution in [3.05, 3.63) is 23.9 Å². The van der Waals surface area contributed by atoms with Crippen molar-refractivity contribution in [2.45, 2.75) is 6.92 Å². The minimum Gasteiger partial charge on any atom is -0.312 e. The number of hydrogen-bond acceptors (Lipinski definition) is 2. The molecule has 0 amide bonds. The van der Waals surface area contributed by atoms with E-state index in [4.69, 9.17) is 0 Å². The normalized spacial score (nSPS) is 17.0. The zero-order chi connectivity index (χ0) is 7.56. The van der Waals surface area contributed by atoms with Crippen molar-refractivity contribution >= 4 is 21.9 Å². The highest BCUT2D eigenvalue weighted by Crippen LogP contribution is 2.10. The zero-order valence-corrected chi connectivity index (χ0v) is 7.26. The quantitative estimate of drug-likeness (QED) is 0.602. The third-order valence-corrected chi connectivity index (χ3v) is 1.83. The summed E-state index contributed by atoms with van der Waals surface area (Å²) in [5.41, 5.74) is 0.788. The van der Waals surface area contributed by atoms with Crippen LogP contribution in [0.3, 0.4) is 0 Å². The molecule has 1 heterocycles. The Hall–Kier alpha value is -0.570. The Kier molecular flexibility index (Phi) is 2.27. The van der Waals surface area contributed by atoms with Crippen LogP contribution in [-0.4, -0.2) is 16.3 Å². The predicted octanol–water partition coefficient (Wildman–Crippen LogP) is 1.64. The summed E-state index contributed by atoms with van der Waals surface area (Å²) in [6.45, 7) is 2.32. The molecule has 3 heteroatoms. The van der Waals surface area contributed by atoms with Crippen molar-refractivity contribution in [3.63, 3.8) is 0 Å². The average Bonchev–Trinajstić information content (AvgIpc) is 1.88. The van der Waals surface area contributed by atoms with Gasteiger partial charge in [0.05, 0.1) is 0 Å². The molecule has 2 nitrogen and oxygen atoms in total. The largest absolute Gasteiger partial charge is 0.312 e. The van der Waals surface area contributed by atoms with Crippen molar-refractivity contribution < 1.29 is 4.79 Å². The van der Waals surface area contributed by atoms with Crippen LogP contribution in [-0.2, 0) is 4.79 Å². The van der Waals surface area contributed by atoms with Crippen LogP contribution in [0.15, 0.2) is 23.9 Å². The molecule has 0 atom stereocenters. The van der Waals surface area contributed by atoms with Gasteiger partial charge in [0.2, 0.25) is 0 Å². The lowest BCUT2D eigenvalue weighted by molar-refractivity contribution is -0.113. The van der Waals surface area contributed by atoms with Crippen LogP contribution < -0.4 is 0 Å². The van der Waals surface area contributed by atoms with Crippen molar-refractivity contribution in [3.8, 4) is 0 Å². The molecule has 0 radical (unpaired) electrons. The van der Waals surface area contributed by atoms with Gasteiger partial charge >= 0.3 is 0 Å². The summed E-state index contributed by atoms with van der Waals surface area (Å²) in [6.07, 6.45) is 5.51. The fourth-order valence-corrected chi connectivity index (χ4v) is 1.000. The molecule has 1 aliphatic rings. The second kappa shape index (κ2) is 3.01. The summed E-state index contributed by atoms with van der Waals surface area (Å²) in [7, 11) is 0. The van der Waals surface area contributed by atoms with Crippen LogP contribution in [0.2, 0.25) is 0 Å². The molecule has 0 spiro atoms. The second-order valence-corrected chi connectivity index (χ2v) is 3.02. The molecule has 0 saturated carbocycles. The van der Waals surface area contributed by atoms with Crippen LogP contribution in [0.1, 0.15) is 6.92 Å². The maximum atomic E-state index is 10.8. The van der Waals surface area contributed by atoms with Crippen molar-refractivity contribution in [1.82, 2.24) is 3.93 Å². The highest BCUT2D eigenvalue weighted by atomic mass is 79.9. The predicted molar refractivity (Wildman–Crippen MR) is 43.5 cm³/mol. The summed E-state index contributed by atoms with van der Waals surface area (Å²) in [5, 5.41) is 0. The number of ketones is 1. The number of hydrogen-bond donors (Lipinski definition) is 0. The summed E-state index contributed by atoms with van der Waals surface area (Å²) in [6, 6.07) is 0. The maximum Gasteiger partial charge on any atom is 0.159 e. The topological polar surface area (TPSA) is 20.3 Å². The van der Waals surface area contributed by atoms with Crippen LogP contribution in [0.5, 0.6) is 0 Å². The van der Waals surface area contributed by atoms with Crippen LogP contribution in [0.4, 0.5) is 0 Å². The number of Topliss-reactive ketones (excluding diaryl/α,β-unsaturated/α-hetero) is 1. The van der Waals surface area contributed by atoms with Crippen LogP contribution >= 0.6 is 16.1 Å². The van der Waals surface area contributed by atoms with E-state index in [1.807, 2.05) is 16.2 Å². The fraction of sp³-hybridized carbons (Fsp3) is 0.286. The van der Waals surface area contributed by atoms with Gasteiger partial charge in [-0.25, -0.2) is 0 Å². The Morgan fingerprint density at radius 1 is 1.80 bits per heavy atom. The van der Waals surface area contributed by atoms with Gasteiger partial charge in [0, 0.05) is 34.5 Å². The lowest BCUT2D eigenvalue weighted by Crippen LogP contribution is -2.09. The van der Waals surface area contributed by atoms with E-state index in [1.54, 1.807) is 13.0 Å². The summed E-state index contributed by atoms with van der Waals surface area (Å²) in [4.78, 5) is 10.8. The van der Waals surface area contributed by atoms with E-state index in [1.165, 1.54) is 0 Å². The van der Waals surface area contributed by atoms with E-state index >= 15 is 0 Å². The molecule has 10 heavy (non-hydrogen) atoms. The SMILES string of the molecule is CC(=O)C1=CCN(Br)C=C1. The highest BCUT2D eigenvalue weighted by Gasteiger charge is 2.04. The monoisotopic (exact) mass is 201 g/mol. The first-order chi connectivity index (χ1) is 4.70. The van der Waals surface area contributed by atoms with Crippen molar-refractivity contribution in [2.75, 3.05) is 6.54 Å². The summed E-state index contributed by atoms with van der Waals surface area (Å²) >= 11 is 3.26. The highest BCUT2D eigenvalue weighted by molar-refractivity contribution is 9.07. The van der Waals surface area contributed by atoms with Gasteiger partial charge in [-0.2, -0.15) is 0 Å². The summed E-state index contributed by atoms with van der Waals surface area (Å²) in [5.74, 6) is 0.122. The number of allylic oxidation sites excluding steroid dienone is 2. The molecular weight excluding hydrogens is 194 g/mol. The first-order valence-corrected chi connectivity index (χ1v) is 3.73. The molecule has 0 N–H and O–H groups in total. The maximum absolute atomic E-state index is 10.8. The zero-order valence-electron chi connectivity index (χ0n) is 5.67. The van der Waals surface area contributed by atoms with Gasteiger partial charge in [0.25, 0.3) is 0 Å². The molecule has 0 bridgehead atoms. The average molecular weight is 202 g/mol. The fourth-order valence-electron chi connectivity index (χ4n) is 0.737. The molecule has 0 aromatic rings. The van der Waals surface area contributed by atoms with Crippen molar-refractivity contribution in [1.29, 1.82) is 0 Å². The van der Waals surface area contributed by atoms with Gasteiger partial charge < -0.3 is 3.93 Å². The van der Waals surface area contributed by atoms with E-state index < -0.39 is 0 Å². The molecule has 1 aliphatic heterocycles. The smallest absolute Gasteiger partial charge is 0.159 e. The van der Waals surface area contributed by atoms with E-state index in [0.29, 0.717) is 0 Å².